The maximum absolute atomic E-state index is 12.3. The van der Waals surface area contributed by atoms with Crippen molar-refractivity contribution < 1.29 is 14.3 Å². The molecule has 3 N–H and O–H groups in total. The molecule has 1 aromatic heterocycles. The average Bonchev–Trinajstić information content (AvgIpc) is 2.86. The Morgan fingerprint density at radius 3 is 2.55 bits per heavy atom. The van der Waals surface area contributed by atoms with Gasteiger partial charge < -0.3 is 15.2 Å². The van der Waals surface area contributed by atoms with Gasteiger partial charge in [-0.25, -0.2) is 0 Å². The maximum Gasteiger partial charge on any atom is 0.198 e. The molecule has 0 aliphatic heterocycles. The number of nitrogens with zero attached hydrogens (tertiary/aromatic N) is 1. The van der Waals surface area contributed by atoms with Crippen LogP contribution in [0.5, 0.6) is 11.5 Å². The predicted molar refractivity (Wildman–Crippen MR) is 75.2 cm³/mol. The van der Waals surface area contributed by atoms with E-state index >= 15 is 0 Å². The van der Waals surface area contributed by atoms with Gasteiger partial charge in [0.1, 0.15) is 5.82 Å². The van der Waals surface area contributed by atoms with Crippen molar-refractivity contribution in [1.82, 2.24) is 10.2 Å². The third kappa shape index (κ3) is 2.74. The number of anilines is 1. The van der Waals surface area contributed by atoms with Gasteiger partial charge in [-0.15, -0.1) is 0 Å². The van der Waals surface area contributed by atoms with Gasteiger partial charge in [0.25, 0.3) is 0 Å². The third-order valence-electron chi connectivity index (χ3n) is 2.72. The number of hydrogen-bond acceptors (Lipinski definition) is 5. The molecule has 0 amide bonds. The number of aromatic nitrogens is 2. The number of aromatic amines is 1. The standard InChI is InChI=1S/C14H17N3O3/c1-3-19-11-6-5-9(7-12(11)20-4-2)13(18)10-8-16-17-14(10)15/h5-8H,3-4H2,1-2H3,(H3,15,16,17). The van der Waals surface area contributed by atoms with Crippen molar-refractivity contribution in [3.8, 4) is 11.5 Å². The van der Waals surface area contributed by atoms with E-state index < -0.39 is 0 Å². The minimum absolute atomic E-state index is 0.208. The minimum atomic E-state index is -0.208. The van der Waals surface area contributed by atoms with Gasteiger partial charge in [0, 0.05) is 5.56 Å². The molecule has 0 saturated heterocycles. The Balaban J connectivity index is 2.35. The fourth-order valence-electron chi connectivity index (χ4n) is 1.82. The molecule has 6 nitrogen and oxygen atoms in total. The molecule has 0 aliphatic rings. The molecule has 0 aliphatic carbocycles. The van der Waals surface area contributed by atoms with Crippen LogP contribution in [0.15, 0.2) is 24.4 Å². The summed E-state index contributed by atoms with van der Waals surface area (Å²) in [5, 5.41) is 6.29. The summed E-state index contributed by atoms with van der Waals surface area (Å²) in [7, 11) is 0. The van der Waals surface area contributed by atoms with Gasteiger partial charge in [-0.05, 0) is 32.0 Å². The molecule has 2 rings (SSSR count). The van der Waals surface area contributed by atoms with E-state index in [1.54, 1.807) is 18.2 Å². The highest BCUT2D eigenvalue weighted by atomic mass is 16.5. The Kier molecular flexibility index (Phi) is 4.24. The van der Waals surface area contributed by atoms with Crippen LogP contribution < -0.4 is 15.2 Å². The Bertz CT molecular complexity index is 607. The van der Waals surface area contributed by atoms with Gasteiger partial charge >= 0.3 is 0 Å². The fraction of sp³-hybridized carbons (Fsp3) is 0.286. The second kappa shape index (κ2) is 6.10. The van der Waals surface area contributed by atoms with E-state index in [0.717, 1.165) is 0 Å². The zero-order valence-corrected chi connectivity index (χ0v) is 11.5. The van der Waals surface area contributed by atoms with Crippen LogP contribution in [-0.2, 0) is 0 Å². The van der Waals surface area contributed by atoms with Crippen molar-refractivity contribution in [3.63, 3.8) is 0 Å². The number of nitrogens with two attached hydrogens (primary N) is 1. The van der Waals surface area contributed by atoms with E-state index in [0.29, 0.717) is 35.8 Å². The van der Waals surface area contributed by atoms with E-state index in [2.05, 4.69) is 10.2 Å². The number of ether oxygens (including phenoxy) is 2. The van der Waals surface area contributed by atoms with E-state index in [1.165, 1.54) is 6.20 Å². The monoisotopic (exact) mass is 275 g/mol. The van der Waals surface area contributed by atoms with E-state index in [4.69, 9.17) is 15.2 Å². The molecular weight excluding hydrogens is 258 g/mol. The minimum Gasteiger partial charge on any atom is -0.490 e. The summed E-state index contributed by atoms with van der Waals surface area (Å²) >= 11 is 0. The number of hydrogen-bond donors (Lipinski definition) is 2. The van der Waals surface area contributed by atoms with Crippen LogP contribution in [0.4, 0.5) is 5.82 Å². The normalized spacial score (nSPS) is 10.3. The molecule has 0 fully saturated rings. The summed E-state index contributed by atoms with van der Waals surface area (Å²) in [6, 6.07) is 5.06. The quantitative estimate of drug-likeness (QED) is 0.787. The highest BCUT2D eigenvalue weighted by Gasteiger charge is 2.16. The molecule has 106 valence electrons. The predicted octanol–water partition coefficient (Wildman–Crippen LogP) is 2.02. The maximum atomic E-state index is 12.3. The summed E-state index contributed by atoms with van der Waals surface area (Å²) in [6.07, 6.45) is 1.41. The number of nitrogen functional groups attached to an aromatic ring is 1. The van der Waals surface area contributed by atoms with Crippen LogP contribution >= 0.6 is 0 Å². The first-order valence-corrected chi connectivity index (χ1v) is 6.40. The van der Waals surface area contributed by atoms with Gasteiger partial charge in [0.05, 0.1) is 25.0 Å². The SMILES string of the molecule is CCOc1ccc(C(=O)c2cn[nH]c2N)cc1OCC. The lowest BCUT2D eigenvalue weighted by Crippen LogP contribution is -2.05. The average molecular weight is 275 g/mol. The lowest BCUT2D eigenvalue weighted by Gasteiger charge is -2.11. The van der Waals surface area contributed by atoms with Crippen LogP contribution in [0.1, 0.15) is 29.8 Å². The summed E-state index contributed by atoms with van der Waals surface area (Å²) in [6.45, 7) is 4.78. The summed E-state index contributed by atoms with van der Waals surface area (Å²) in [5.41, 5.74) is 6.48. The topological polar surface area (TPSA) is 90.2 Å². The van der Waals surface area contributed by atoms with Crippen molar-refractivity contribution in [2.24, 2.45) is 0 Å². The molecule has 1 heterocycles. The fourth-order valence-corrected chi connectivity index (χ4v) is 1.82. The Hall–Kier alpha value is -2.50. The van der Waals surface area contributed by atoms with Gasteiger partial charge in [0.15, 0.2) is 17.3 Å². The molecule has 0 saturated carbocycles. The number of benzene rings is 1. The zero-order chi connectivity index (χ0) is 14.5. The molecule has 6 heteroatoms. The van der Waals surface area contributed by atoms with Gasteiger partial charge in [0.2, 0.25) is 0 Å². The molecule has 0 radical (unpaired) electrons. The Morgan fingerprint density at radius 2 is 1.95 bits per heavy atom. The second-order valence-corrected chi connectivity index (χ2v) is 4.05. The van der Waals surface area contributed by atoms with Crippen LogP contribution in [0, 0.1) is 0 Å². The highest BCUT2D eigenvalue weighted by molar-refractivity contribution is 6.11. The van der Waals surface area contributed by atoms with Crippen molar-refractivity contribution in [2.75, 3.05) is 18.9 Å². The molecule has 1 aromatic carbocycles. The van der Waals surface area contributed by atoms with Gasteiger partial charge in [-0.1, -0.05) is 0 Å². The molecule has 0 unspecified atom stereocenters. The zero-order valence-electron chi connectivity index (χ0n) is 11.5. The van der Waals surface area contributed by atoms with Crippen molar-refractivity contribution in [3.05, 3.63) is 35.5 Å². The van der Waals surface area contributed by atoms with E-state index in [-0.39, 0.29) is 11.6 Å². The van der Waals surface area contributed by atoms with Crippen molar-refractivity contribution >= 4 is 11.6 Å². The van der Waals surface area contributed by atoms with Crippen molar-refractivity contribution in [2.45, 2.75) is 13.8 Å². The van der Waals surface area contributed by atoms with Gasteiger partial charge in [-0.3, -0.25) is 9.89 Å². The van der Waals surface area contributed by atoms with Crippen LogP contribution in [-0.4, -0.2) is 29.2 Å². The largest absolute Gasteiger partial charge is 0.490 e. The molecule has 0 bridgehead atoms. The first kappa shape index (κ1) is 13.9. The number of carbonyl (C=O) groups excluding carboxylic acids is 1. The lowest BCUT2D eigenvalue weighted by atomic mass is 10.1. The van der Waals surface area contributed by atoms with Gasteiger partial charge in [-0.2, -0.15) is 5.10 Å². The van der Waals surface area contributed by atoms with Crippen LogP contribution in [0.3, 0.4) is 0 Å². The first-order valence-electron chi connectivity index (χ1n) is 6.40. The summed E-state index contributed by atoms with van der Waals surface area (Å²) in [4.78, 5) is 12.3. The molecule has 0 atom stereocenters. The molecule has 20 heavy (non-hydrogen) atoms. The highest BCUT2D eigenvalue weighted by Crippen LogP contribution is 2.29. The Labute approximate surface area is 116 Å². The molecule has 2 aromatic rings. The second-order valence-electron chi connectivity index (χ2n) is 4.05. The van der Waals surface area contributed by atoms with E-state index in [1.807, 2.05) is 13.8 Å². The van der Waals surface area contributed by atoms with Crippen LogP contribution in [0.2, 0.25) is 0 Å². The van der Waals surface area contributed by atoms with E-state index in [9.17, 15) is 4.79 Å². The number of H-pyrrole nitrogens is 1. The number of rotatable bonds is 6. The molecular formula is C14H17N3O3. The number of ketones is 1. The summed E-state index contributed by atoms with van der Waals surface area (Å²) in [5.74, 6) is 1.20. The summed E-state index contributed by atoms with van der Waals surface area (Å²) < 4.78 is 11.0. The Morgan fingerprint density at radius 1 is 1.25 bits per heavy atom. The first-order chi connectivity index (χ1) is 9.67. The van der Waals surface area contributed by atoms with Crippen LogP contribution in [0.25, 0.3) is 0 Å². The number of nitrogens with one attached hydrogen (secondary N) is 1. The third-order valence-corrected chi connectivity index (χ3v) is 2.72. The smallest absolute Gasteiger partial charge is 0.198 e. The molecule has 0 spiro atoms. The number of carbonyl (C=O) groups is 1. The lowest BCUT2D eigenvalue weighted by molar-refractivity contribution is 0.103. The van der Waals surface area contributed by atoms with Crippen molar-refractivity contribution in [1.29, 1.82) is 0 Å².